The van der Waals surface area contributed by atoms with E-state index in [1.54, 1.807) is 11.0 Å². The standard InChI is InChI=1S/C11H16N2O3/c1-3-4-16-13-9-5-8(2)10(7-14)12(6-9)11(13)15/h3,5,9-10,14H,1,4,6-7H2,2H3/t9-,10+/m0/s1. The molecule has 0 aliphatic carbocycles. The molecule has 5 heteroatoms. The largest absolute Gasteiger partial charge is 0.394 e. The number of hydrogen-bond acceptors (Lipinski definition) is 3. The van der Waals surface area contributed by atoms with Crippen molar-refractivity contribution in [3.8, 4) is 0 Å². The summed E-state index contributed by atoms with van der Waals surface area (Å²) < 4.78 is 0. The number of rotatable bonds is 4. The summed E-state index contributed by atoms with van der Waals surface area (Å²) in [5.41, 5.74) is 1.01. The smallest absolute Gasteiger partial charge is 0.345 e. The second-order valence-corrected chi connectivity index (χ2v) is 4.02. The normalized spacial score (nSPS) is 28.4. The lowest BCUT2D eigenvalue weighted by molar-refractivity contribution is -0.107. The summed E-state index contributed by atoms with van der Waals surface area (Å²) >= 11 is 0. The van der Waals surface area contributed by atoms with Crippen molar-refractivity contribution in [1.82, 2.24) is 9.96 Å². The molecule has 0 aromatic carbocycles. The first-order chi connectivity index (χ1) is 7.69. The quantitative estimate of drug-likeness (QED) is 0.709. The Balaban J connectivity index is 2.17. The molecule has 1 saturated heterocycles. The third-order valence-corrected chi connectivity index (χ3v) is 2.98. The maximum Gasteiger partial charge on any atom is 0.345 e. The highest BCUT2D eigenvalue weighted by atomic mass is 16.7. The van der Waals surface area contributed by atoms with Gasteiger partial charge in [0.1, 0.15) is 0 Å². The number of amides is 2. The van der Waals surface area contributed by atoms with Crippen LogP contribution in [0.15, 0.2) is 24.3 Å². The fraction of sp³-hybridized carbons (Fsp3) is 0.545. The second kappa shape index (κ2) is 4.27. The number of nitrogens with zero attached hydrogens (tertiary/aromatic N) is 2. The first kappa shape index (κ1) is 11.2. The zero-order valence-corrected chi connectivity index (χ0v) is 9.30. The molecule has 2 aliphatic rings. The van der Waals surface area contributed by atoms with E-state index in [9.17, 15) is 9.90 Å². The van der Waals surface area contributed by atoms with Crippen LogP contribution in [0.4, 0.5) is 4.79 Å². The highest BCUT2D eigenvalue weighted by Crippen LogP contribution is 2.28. The van der Waals surface area contributed by atoms with Gasteiger partial charge in [-0.25, -0.2) is 4.79 Å². The van der Waals surface area contributed by atoms with Gasteiger partial charge in [-0.3, -0.25) is 4.84 Å². The molecule has 2 amide bonds. The topological polar surface area (TPSA) is 53.0 Å². The van der Waals surface area contributed by atoms with Crippen molar-refractivity contribution in [3.05, 3.63) is 24.3 Å². The van der Waals surface area contributed by atoms with E-state index in [0.717, 1.165) is 5.57 Å². The van der Waals surface area contributed by atoms with Crippen molar-refractivity contribution in [1.29, 1.82) is 0 Å². The summed E-state index contributed by atoms with van der Waals surface area (Å²) in [4.78, 5) is 18.9. The highest BCUT2D eigenvalue weighted by molar-refractivity contribution is 5.78. The fourth-order valence-corrected chi connectivity index (χ4v) is 2.19. The minimum absolute atomic E-state index is 0.0455. The van der Waals surface area contributed by atoms with Crippen LogP contribution < -0.4 is 0 Å². The summed E-state index contributed by atoms with van der Waals surface area (Å²) in [7, 11) is 0. The van der Waals surface area contributed by atoms with Gasteiger partial charge in [0.05, 0.1) is 25.3 Å². The molecule has 16 heavy (non-hydrogen) atoms. The third kappa shape index (κ3) is 1.62. The monoisotopic (exact) mass is 224 g/mol. The Morgan fingerprint density at radius 3 is 3.12 bits per heavy atom. The average Bonchev–Trinajstić information content (AvgIpc) is 2.51. The highest BCUT2D eigenvalue weighted by Gasteiger charge is 2.44. The second-order valence-electron chi connectivity index (χ2n) is 4.02. The van der Waals surface area contributed by atoms with Crippen molar-refractivity contribution < 1.29 is 14.7 Å². The van der Waals surface area contributed by atoms with Crippen LogP contribution in [0.2, 0.25) is 0 Å². The van der Waals surface area contributed by atoms with Crippen LogP contribution in [0, 0.1) is 0 Å². The Labute approximate surface area is 94.5 Å². The molecule has 0 aromatic rings. The number of carbonyl (C=O) groups is 1. The molecular weight excluding hydrogens is 208 g/mol. The molecule has 5 nitrogen and oxygen atoms in total. The van der Waals surface area contributed by atoms with Crippen molar-refractivity contribution in [2.24, 2.45) is 0 Å². The van der Waals surface area contributed by atoms with Crippen LogP contribution in [0.25, 0.3) is 0 Å². The van der Waals surface area contributed by atoms with Crippen molar-refractivity contribution in [3.63, 3.8) is 0 Å². The molecule has 1 fully saturated rings. The number of aliphatic hydroxyl groups is 1. The maximum absolute atomic E-state index is 12.0. The summed E-state index contributed by atoms with van der Waals surface area (Å²) in [5, 5.41) is 10.6. The fourth-order valence-electron chi connectivity index (χ4n) is 2.19. The van der Waals surface area contributed by atoms with E-state index in [-0.39, 0.29) is 24.7 Å². The summed E-state index contributed by atoms with van der Waals surface area (Å²) in [6.07, 6.45) is 3.58. The zero-order valence-electron chi connectivity index (χ0n) is 9.30. The van der Waals surface area contributed by atoms with Crippen molar-refractivity contribution in [2.75, 3.05) is 19.8 Å². The number of hydrogen-bond donors (Lipinski definition) is 1. The summed E-state index contributed by atoms with van der Waals surface area (Å²) in [5.74, 6) is 0. The predicted molar refractivity (Wildman–Crippen MR) is 58.5 cm³/mol. The van der Waals surface area contributed by atoms with Crippen LogP contribution in [-0.4, -0.2) is 52.9 Å². The Hall–Kier alpha value is -1.33. The lowest BCUT2D eigenvalue weighted by Gasteiger charge is -2.28. The molecule has 2 rings (SSSR count). The molecule has 0 aromatic heterocycles. The lowest BCUT2D eigenvalue weighted by atomic mass is 10.0. The van der Waals surface area contributed by atoms with Gasteiger partial charge in [-0.2, -0.15) is 5.06 Å². The number of urea groups is 1. The molecule has 0 radical (unpaired) electrons. The molecule has 0 unspecified atom stereocenters. The van der Waals surface area contributed by atoms with E-state index in [1.807, 2.05) is 13.0 Å². The molecule has 2 bridgehead atoms. The van der Waals surface area contributed by atoms with E-state index in [0.29, 0.717) is 13.2 Å². The average molecular weight is 224 g/mol. The number of aliphatic hydroxyl groups excluding tert-OH is 1. The SMILES string of the molecule is C=CCON1C(=O)N2C[C@@H]1C=C(C)[C@H]2CO. The van der Waals surface area contributed by atoms with Gasteiger partial charge in [0.25, 0.3) is 0 Å². The van der Waals surface area contributed by atoms with E-state index < -0.39 is 0 Å². The molecule has 0 saturated carbocycles. The van der Waals surface area contributed by atoms with E-state index in [1.165, 1.54) is 5.06 Å². The Morgan fingerprint density at radius 1 is 1.75 bits per heavy atom. The molecule has 88 valence electrons. The van der Waals surface area contributed by atoms with Gasteiger partial charge in [-0.05, 0) is 6.92 Å². The lowest BCUT2D eigenvalue weighted by Crippen LogP contribution is -2.42. The van der Waals surface area contributed by atoms with Gasteiger partial charge in [-0.15, -0.1) is 6.58 Å². The molecule has 1 N–H and O–H groups in total. The van der Waals surface area contributed by atoms with E-state index >= 15 is 0 Å². The molecule has 0 spiro atoms. The third-order valence-electron chi connectivity index (χ3n) is 2.98. The van der Waals surface area contributed by atoms with Gasteiger partial charge in [0.2, 0.25) is 0 Å². The first-order valence-corrected chi connectivity index (χ1v) is 5.32. The Kier molecular flexibility index (Phi) is 2.98. The Bertz CT molecular complexity index is 340. The van der Waals surface area contributed by atoms with Gasteiger partial charge in [-0.1, -0.05) is 17.7 Å². The van der Waals surface area contributed by atoms with Crippen molar-refractivity contribution >= 4 is 6.03 Å². The molecule has 2 heterocycles. The number of hydroxylamine groups is 2. The minimum Gasteiger partial charge on any atom is -0.394 e. The predicted octanol–water partition coefficient (Wildman–Crippen LogP) is 0.531. The molecular formula is C11H16N2O3. The zero-order chi connectivity index (χ0) is 11.7. The van der Waals surface area contributed by atoms with Crippen LogP contribution >= 0.6 is 0 Å². The molecule has 2 atom stereocenters. The minimum atomic E-state index is -0.207. The van der Waals surface area contributed by atoms with E-state index in [4.69, 9.17) is 4.84 Å². The number of carbonyl (C=O) groups excluding carboxylic acids is 1. The van der Waals surface area contributed by atoms with Gasteiger partial charge >= 0.3 is 6.03 Å². The van der Waals surface area contributed by atoms with Crippen LogP contribution in [0.5, 0.6) is 0 Å². The first-order valence-electron chi connectivity index (χ1n) is 5.32. The molecule has 2 aliphatic heterocycles. The summed E-state index contributed by atoms with van der Waals surface area (Å²) in [6, 6.07) is -0.435. The van der Waals surface area contributed by atoms with Gasteiger partial charge < -0.3 is 10.0 Å². The maximum atomic E-state index is 12.0. The Morgan fingerprint density at radius 2 is 2.50 bits per heavy atom. The van der Waals surface area contributed by atoms with Crippen molar-refractivity contribution in [2.45, 2.75) is 19.0 Å². The van der Waals surface area contributed by atoms with Crippen LogP contribution in [-0.2, 0) is 4.84 Å². The van der Waals surface area contributed by atoms with Gasteiger partial charge in [0, 0.05) is 6.54 Å². The summed E-state index contributed by atoms with van der Waals surface area (Å²) in [6.45, 7) is 6.32. The van der Waals surface area contributed by atoms with Crippen LogP contribution in [0.3, 0.4) is 0 Å². The van der Waals surface area contributed by atoms with Crippen LogP contribution in [0.1, 0.15) is 6.92 Å². The number of fused-ring (bicyclic) bond motifs is 2. The van der Waals surface area contributed by atoms with E-state index in [2.05, 4.69) is 6.58 Å². The van der Waals surface area contributed by atoms with Gasteiger partial charge in [0.15, 0.2) is 0 Å².